The average molecular weight is 669 g/mol. The van der Waals surface area contributed by atoms with Gasteiger partial charge in [0.15, 0.2) is 0 Å². The van der Waals surface area contributed by atoms with E-state index in [2.05, 4.69) is 10.6 Å². The van der Waals surface area contributed by atoms with Gasteiger partial charge in [0.05, 0.1) is 22.7 Å². The quantitative estimate of drug-likeness (QED) is 0.0948. The fourth-order valence-corrected chi connectivity index (χ4v) is 7.31. The van der Waals surface area contributed by atoms with Gasteiger partial charge in [0.1, 0.15) is 6.61 Å². The summed E-state index contributed by atoms with van der Waals surface area (Å²) in [5, 5.41) is 18.7. The molecule has 1 aliphatic rings. The molecule has 0 bridgehead atoms. The van der Waals surface area contributed by atoms with Crippen LogP contribution in [0.15, 0.2) is 144 Å². The monoisotopic (exact) mass is 668 g/mol. The number of anilines is 1. The van der Waals surface area contributed by atoms with Crippen LogP contribution in [-0.4, -0.2) is 17.7 Å². The molecule has 1 atom stereocenters. The van der Waals surface area contributed by atoms with Crippen LogP contribution in [0.1, 0.15) is 22.7 Å². The van der Waals surface area contributed by atoms with Crippen molar-refractivity contribution in [2.75, 3.05) is 11.9 Å². The molecule has 0 saturated carbocycles. The van der Waals surface area contributed by atoms with Crippen LogP contribution in [0.3, 0.4) is 0 Å². The van der Waals surface area contributed by atoms with E-state index in [0.717, 1.165) is 15.9 Å². The molecular formula is C35H27F6N2O3P. The Hall–Kier alpha value is -5.02. The first-order chi connectivity index (χ1) is 22.4. The summed E-state index contributed by atoms with van der Waals surface area (Å²) in [6.07, 6.45) is -4.78. The normalized spacial score (nSPS) is 14.8. The van der Waals surface area contributed by atoms with Gasteiger partial charge in [-0.3, -0.25) is 0 Å². The molecule has 0 aromatic heterocycles. The largest absolute Gasteiger partial charge is 0.481 e. The number of aliphatic hydroxyl groups excluding tert-OH is 1. The van der Waals surface area contributed by atoms with Crippen LogP contribution in [0.4, 0.5) is 36.8 Å². The Morgan fingerprint density at radius 3 is 1.79 bits per heavy atom. The number of allylic oxidation sites excluding steroid dienone is 5. The lowest BCUT2D eigenvalue weighted by molar-refractivity contribution is -0.143. The zero-order chi connectivity index (χ0) is 33.6. The number of alkyl halides is 6. The molecule has 0 spiro atoms. The van der Waals surface area contributed by atoms with Gasteiger partial charge in [-0.1, -0.05) is 103 Å². The molecule has 4 aromatic rings. The molecule has 1 aliphatic carbocycles. The Bertz CT molecular complexity index is 1720. The number of hydrogen-bond donors (Lipinski definition) is 3. The van der Waals surface area contributed by atoms with Crippen molar-refractivity contribution in [2.45, 2.75) is 18.4 Å². The van der Waals surface area contributed by atoms with Crippen molar-refractivity contribution < 1.29 is 41.0 Å². The van der Waals surface area contributed by atoms with Crippen molar-refractivity contribution in [3.05, 3.63) is 161 Å². The molecule has 0 saturated heterocycles. The number of hydrogen-bond acceptors (Lipinski definition) is 3. The van der Waals surface area contributed by atoms with Crippen LogP contribution in [0.25, 0.3) is 0 Å². The number of urea groups is 1. The highest BCUT2D eigenvalue weighted by atomic mass is 31.1. The van der Waals surface area contributed by atoms with E-state index in [1.807, 2.05) is 66.7 Å². The summed E-state index contributed by atoms with van der Waals surface area (Å²) in [5.74, 6) is -0.416. The highest BCUT2D eigenvalue weighted by Gasteiger charge is 2.37. The van der Waals surface area contributed by atoms with E-state index in [0.29, 0.717) is 23.3 Å². The van der Waals surface area contributed by atoms with Gasteiger partial charge in [-0.15, -0.1) is 0 Å². The first kappa shape index (κ1) is 33.3. The van der Waals surface area contributed by atoms with Crippen molar-refractivity contribution in [3.63, 3.8) is 0 Å². The fraction of sp³-hybridized carbons (Fsp3) is 0.114. The number of carbonyl (C=O) groups is 1. The molecule has 4 aromatic carbocycles. The van der Waals surface area contributed by atoms with Crippen LogP contribution in [0.5, 0.6) is 0 Å². The van der Waals surface area contributed by atoms with E-state index in [9.17, 15) is 36.2 Å². The van der Waals surface area contributed by atoms with Crippen LogP contribution < -0.4 is 21.2 Å². The second-order valence-electron chi connectivity index (χ2n) is 10.3. The van der Waals surface area contributed by atoms with Gasteiger partial charge >= 0.3 is 18.4 Å². The molecule has 47 heavy (non-hydrogen) atoms. The lowest BCUT2D eigenvalue weighted by Crippen LogP contribution is -2.35. The number of ether oxygens (including phenoxy) is 1. The maximum Gasteiger partial charge on any atom is 0.416 e. The second-order valence-corrected chi connectivity index (χ2v) is 12.5. The first-order valence-electron chi connectivity index (χ1n) is 14.2. The molecule has 5 nitrogen and oxygen atoms in total. The Kier molecular flexibility index (Phi) is 10.1. The van der Waals surface area contributed by atoms with Crippen LogP contribution in [-0.2, 0) is 17.1 Å². The maximum atomic E-state index is 13.3. The number of nitrogens with one attached hydrogen (secondary N) is 2. The number of carbonyl (C=O) groups excluding carboxylic acids is 1. The number of amides is 2. The van der Waals surface area contributed by atoms with Gasteiger partial charge in [-0.2, -0.15) is 26.3 Å². The smallest absolute Gasteiger partial charge is 0.416 e. The number of benzene rings is 4. The molecule has 0 heterocycles. The molecule has 5 rings (SSSR count). The number of rotatable bonds is 9. The van der Waals surface area contributed by atoms with Crippen LogP contribution in [0.2, 0.25) is 0 Å². The summed E-state index contributed by atoms with van der Waals surface area (Å²) in [6, 6.07) is 26.7. The molecule has 2 amide bonds. The second kappa shape index (κ2) is 14.2. The van der Waals surface area contributed by atoms with Crippen molar-refractivity contribution in [1.82, 2.24) is 5.32 Å². The summed E-state index contributed by atoms with van der Waals surface area (Å²) in [5.41, 5.74) is -2.90. The molecule has 242 valence electrons. The number of aliphatic hydroxyl groups is 1. The van der Waals surface area contributed by atoms with E-state index < -0.39 is 55.1 Å². The van der Waals surface area contributed by atoms with Gasteiger partial charge in [0.25, 0.3) is 5.95 Å². The van der Waals surface area contributed by atoms with E-state index in [-0.39, 0.29) is 12.7 Å². The minimum atomic E-state index is -5.08. The Morgan fingerprint density at radius 2 is 1.28 bits per heavy atom. The van der Waals surface area contributed by atoms with E-state index in [1.54, 1.807) is 42.5 Å². The predicted octanol–water partition coefficient (Wildman–Crippen LogP) is 8.96. The zero-order valence-electron chi connectivity index (χ0n) is 24.4. The third kappa shape index (κ3) is 8.42. The molecular weight excluding hydrogens is 641 g/mol. The van der Waals surface area contributed by atoms with Crippen LogP contribution >= 0.6 is 7.92 Å². The average Bonchev–Trinajstić information content (AvgIpc) is 3.53. The molecule has 3 N–H and O–H groups in total. The Balaban J connectivity index is 1.38. The van der Waals surface area contributed by atoms with E-state index in [1.165, 1.54) is 0 Å². The van der Waals surface area contributed by atoms with Gasteiger partial charge in [0.2, 0.25) is 0 Å². The number of halogens is 6. The predicted molar refractivity (Wildman–Crippen MR) is 170 cm³/mol. The molecule has 0 unspecified atom stereocenters. The maximum absolute atomic E-state index is 13.3. The van der Waals surface area contributed by atoms with Crippen molar-refractivity contribution in [3.8, 4) is 0 Å². The lowest BCUT2D eigenvalue weighted by Gasteiger charge is -2.23. The molecule has 0 aliphatic heterocycles. The highest BCUT2D eigenvalue weighted by Crippen LogP contribution is 2.49. The third-order valence-electron chi connectivity index (χ3n) is 7.03. The summed E-state index contributed by atoms with van der Waals surface area (Å²) >= 11 is 0. The van der Waals surface area contributed by atoms with Crippen LogP contribution in [0, 0.1) is 0 Å². The van der Waals surface area contributed by atoms with Gasteiger partial charge in [-0.05, 0) is 53.7 Å². The third-order valence-corrected chi connectivity index (χ3v) is 9.53. The summed E-state index contributed by atoms with van der Waals surface area (Å²) in [7, 11) is -1.10. The highest BCUT2D eigenvalue weighted by molar-refractivity contribution is 7.77. The van der Waals surface area contributed by atoms with Crippen molar-refractivity contribution in [2.24, 2.45) is 0 Å². The van der Waals surface area contributed by atoms with E-state index >= 15 is 0 Å². The molecule has 0 radical (unpaired) electrons. The minimum Gasteiger partial charge on any atom is -0.481 e. The lowest BCUT2D eigenvalue weighted by atomic mass is 10.1. The van der Waals surface area contributed by atoms with Gasteiger partial charge in [-0.25, -0.2) is 4.79 Å². The van der Waals surface area contributed by atoms with Crippen molar-refractivity contribution >= 4 is 30.2 Å². The first-order valence-corrected chi connectivity index (χ1v) is 15.5. The standard InChI is InChI=1S/C35H27F6N2O3P/c36-34(37,38)24-19-25(35(39,40)41)21-26(20-24)42-33(45)43-30(23-11-4-1-5-12-23)22-46-32(44)29-17-10-18-31(29)47(27-13-6-2-7-14-27)28-15-8-3-9-16-28/h1-21,30,44H,22H2,(H2,42,43,45)/b32-29-/t30-/m1/s1. The molecule has 12 heteroatoms. The fourth-order valence-electron chi connectivity index (χ4n) is 4.87. The molecule has 0 fully saturated rings. The minimum absolute atomic E-state index is 0.0262. The summed E-state index contributed by atoms with van der Waals surface area (Å²) < 4.78 is 85.8. The van der Waals surface area contributed by atoms with E-state index in [4.69, 9.17) is 4.74 Å². The van der Waals surface area contributed by atoms with Crippen molar-refractivity contribution in [1.29, 1.82) is 0 Å². The Labute approximate surface area is 267 Å². The Morgan fingerprint density at radius 1 is 0.766 bits per heavy atom. The SMILES string of the molecule is O=C(Nc1cc(C(F)(F)F)cc(C(F)(F)F)c1)N[C@H](CO/C(O)=C1/C=CC=C1P(c1ccccc1)c1ccccc1)c1ccccc1. The summed E-state index contributed by atoms with van der Waals surface area (Å²) in [4.78, 5) is 12.9. The van der Waals surface area contributed by atoms with Gasteiger partial charge in [0, 0.05) is 5.69 Å². The summed E-state index contributed by atoms with van der Waals surface area (Å²) in [6.45, 7) is -0.321. The topological polar surface area (TPSA) is 70.6 Å². The van der Waals surface area contributed by atoms with Gasteiger partial charge < -0.3 is 20.5 Å². The zero-order valence-corrected chi connectivity index (χ0v) is 25.3.